The predicted molar refractivity (Wildman–Crippen MR) is 105 cm³/mol. The molecular formula is C20H23Cl2N3O2. The van der Waals surface area contributed by atoms with Gasteiger partial charge in [0, 0.05) is 17.3 Å². The van der Waals surface area contributed by atoms with Crippen molar-refractivity contribution in [3.8, 4) is 5.75 Å². The van der Waals surface area contributed by atoms with Gasteiger partial charge in [-0.1, -0.05) is 29.6 Å². The molecule has 0 aliphatic heterocycles. The minimum atomic E-state index is -0.131. The fourth-order valence-corrected chi connectivity index (χ4v) is 5.04. The normalized spacial score (nSPS) is 24.8. The molecule has 4 unspecified atom stereocenters. The lowest BCUT2D eigenvalue weighted by atomic mass is 9.84. The van der Waals surface area contributed by atoms with E-state index in [0.717, 1.165) is 11.8 Å². The molecule has 27 heavy (non-hydrogen) atoms. The van der Waals surface area contributed by atoms with Crippen LogP contribution in [0.1, 0.15) is 43.1 Å². The highest BCUT2D eigenvalue weighted by atomic mass is 35.5. The Hall–Kier alpha value is -1.72. The number of hydrogen-bond acceptors (Lipinski definition) is 3. The van der Waals surface area contributed by atoms with Crippen LogP contribution >= 0.6 is 23.2 Å². The van der Waals surface area contributed by atoms with Gasteiger partial charge in [-0.05, 0) is 68.2 Å². The van der Waals surface area contributed by atoms with Gasteiger partial charge in [0.2, 0.25) is 0 Å². The van der Waals surface area contributed by atoms with E-state index in [9.17, 15) is 4.79 Å². The predicted octanol–water partition coefficient (Wildman–Crippen LogP) is 4.78. The number of benzene rings is 1. The van der Waals surface area contributed by atoms with Crippen molar-refractivity contribution in [1.82, 2.24) is 15.1 Å². The highest BCUT2D eigenvalue weighted by Gasteiger charge is 2.42. The third-order valence-electron chi connectivity index (χ3n) is 5.91. The first-order valence-electron chi connectivity index (χ1n) is 9.42. The molecule has 1 amide bonds. The number of carbonyl (C=O) groups excluding carboxylic acids is 1. The molecule has 2 aromatic rings. The van der Waals surface area contributed by atoms with E-state index in [-0.39, 0.29) is 18.7 Å². The maximum Gasteiger partial charge on any atom is 0.271 e. The molecule has 2 aliphatic carbocycles. The van der Waals surface area contributed by atoms with Crippen molar-refractivity contribution < 1.29 is 9.53 Å². The second kappa shape index (κ2) is 7.72. The van der Waals surface area contributed by atoms with Gasteiger partial charge >= 0.3 is 0 Å². The molecular weight excluding hydrogens is 385 g/mol. The second-order valence-corrected chi connectivity index (χ2v) is 8.53. The van der Waals surface area contributed by atoms with E-state index in [4.69, 9.17) is 27.9 Å². The van der Waals surface area contributed by atoms with Crippen LogP contribution in [0.5, 0.6) is 5.75 Å². The molecule has 0 radical (unpaired) electrons. The van der Waals surface area contributed by atoms with Gasteiger partial charge in [0.1, 0.15) is 11.4 Å². The average Bonchev–Trinajstić information content (AvgIpc) is 3.37. The van der Waals surface area contributed by atoms with E-state index < -0.39 is 0 Å². The van der Waals surface area contributed by atoms with E-state index >= 15 is 0 Å². The highest BCUT2D eigenvalue weighted by molar-refractivity contribution is 6.35. The smallest absolute Gasteiger partial charge is 0.271 e. The van der Waals surface area contributed by atoms with Crippen LogP contribution in [0.15, 0.2) is 30.5 Å². The SMILES string of the molecule is CC(NC(=O)c1ccn(COc2ccc(Cl)cc2Cl)n1)C1CC2CCC1C2. The van der Waals surface area contributed by atoms with Gasteiger partial charge in [-0.2, -0.15) is 5.10 Å². The molecule has 0 saturated heterocycles. The van der Waals surface area contributed by atoms with Crippen LogP contribution in [0.3, 0.4) is 0 Å². The number of rotatable bonds is 6. The van der Waals surface area contributed by atoms with Gasteiger partial charge in [-0.25, -0.2) is 4.68 Å². The van der Waals surface area contributed by atoms with Gasteiger partial charge in [0.15, 0.2) is 6.73 Å². The summed E-state index contributed by atoms with van der Waals surface area (Å²) in [5, 5.41) is 8.43. The number of aromatic nitrogens is 2. The second-order valence-electron chi connectivity index (χ2n) is 7.69. The zero-order valence-corrected chi connectivity index (χ0v) is 16.7. The van der Waals surface area contributed by atoms with Crippen LogP contribution in [0.4, 0.5) is 0 Å². The third-order valence-corrected chi connectivity index (χ3v) is 6.44. The number of hydrogen-bond donors (Lipinski definition) is 1. The van der Waals surface area contributed by atoms with E-state index in [2.05, 4.69) is 17.3 Å². The highest BCUT2D eigenvalue weighted by Crippen LogP contribution is 2.49. The Kier molecular flexibility index (Phi) is 5.33. The molecule has 5 nitrogen and oxygen atoms in total. The summed E-state index contributed by atoms with van der Waals surface area (Å²) >= 11 is 12.0. The minimum absolute atomic E-state index is 0.131. The Morgan fingerprint density at radius 3 is 2.89 bits per heavy atom. The molecule has 1 N–H and O–H groups in total. The van der Waals surface area contributed by atoms with Crippen molar-refractivity contribution in [2.45, 2.75) is 45.4 Å². The summed E-state index contributed by atoms with van der Waals surface area (Å²) in [7, 11) is 0. The molecule has 7 heteroatoms. The number of ether oxygens (including phenoxy) is 1. The van der Waals surface area contributed by atoms with Crippen molar-refractivity contribution in [3.63, 3.8) is 0 Å². The number of fused-ring (bicyclic) bond motifs is 2. The van der Waals surface area contributed by atoms with Crippen LogP contribution in [0.25, 0.3) is 0 Å². The first-order chi connectivity index (χ1) is 13.0. The van der Waals surface area contributed by atoms with Gasteiger partial charge in [-0.3, -0.25) is 4.79 Å². The Morgan fingerprint density at radius 1 is 1.33 bits per heavy atom. The topological polar surface area (TPSA) is 56.2 Å². The van der Waals surface area contributed by atoms with Crippen molar-refractivity contribution in [2.24, 2.45) is 17.8 Å². The van der Waals surface area contributed by atoms with E-state index in [1.807, 2.05) is 0 Å². The summed E-state index contributed by atoms with van der Waals surface area (Å²) in [6, 6.07) is 6.93. The van der Waals surface area contributed by atoms with Gasteiger partial charge in [-0.15, -0.1) is 0 Å². The van der Waals surface area contributed by atoms with Crippen molar-refractivity contribution >= 4 is 29.1 Å². The minimum Gasteiger partial charge on any atom is -0.470 e. The van der Waals surface area contributed by atoms with Crippen molar-refractivity contribution in [1.29, 1.82) is 0 Å². The maximum absolute atomic E-state index is 12.5. The maximum atomic E-state index is 12.5. The first-order valence-corrected chi connectivity index (χ1v) is 10.2. The number of nitrogens with one attached hydrogen (secondary N) is 1. The fourth-order valence-electron chi connectivity index (χ4n) is 4.58. The molecule has 1 heterocycles. The number of nitrogens with zero attached hydrogens (tertiary/aromatic N) is 2. The van der Waals surface area contributed by atoms with Crippen molar-refractivity contribution in [3.05, 3.63) is 46.2 Å². The molecule has 0 spiro atoms. The summed E-state index contributed by atoms with van der Waals surface area (Å²) in [4.78, 5) is 12.5. The van der Waals surface area contributed by atoms with E-state index in [1.54, 1.807) is 35.1 Å². The van der Waals surface area contributed by atoms with E-state index in [0.29, 0.717) is 27.4 Å². The zero-order valence-electron chi connectivity index (χ0n) is 15.2. The molecule has 2 bridgehead atoms. The summed E-state index contributed by atoms with van der Waals surface area (Å²) in [6.45, 7) is 2.28. The quantitative estimate of drug-likeness (QED) is 0.749. The average molecular weight is 408 g/mol. The third kappa shape index (κ3) is 4.09. The lowest BCUT2D eigenvalue weighted by Crippen LogP contribution is -2.40. The molecule has 2 saturated carbocycles. The number of carbonyl (C=O) groups is 1. The fraction of sp³-hybridized carbons (Fsp3) is 0.500. The van der Waals surface area contributed by atoms with Gasteiger partial charge < -0.3 is 10.1 Å². The standard InChI is InChI=1S/C20H23Cl2N3O2/c1-12(16-9-13-2-3-14(16)8-13)23-20(26)18-6-7-25(24-18)11-27-19-5-4-15(21)10-17(19)22/h4-7,10,12-14,16H,2-3,8-9,11H2,1H3,(H,23,26). The summed E-state index contributed by atoms with van der Waals surface area (Å²) in [6.07, 6.45) is 6.99. The zero-order chi connectivity index (χ0) is 19.0. The summed E-state index contributed by atoms with van der Waals surface area (Å²) < 4.78 is 7.22. The molecule has 1 aromatic heterocycles. The van der Waals surface area contributed by atoms with Gasteiger partial charge in [0.05, 0.1) is 5.02 Å². The van der Waals surface area contributed by atoms with Crippen LogP contribution in [0, 0.1) is 17.8 Å². The van der Waals surface area contributed by atoms with Crippen LogP contribution in [-0.2, 0) is 6.73 Å². The van der Waals surface area contributed by atoms with Crippen molar-refractivity contribution in [2.75, 3.05) is 0 Å². The summed E-state index contributed by atoms with van der Waals surface area (Å²) in [5.41, 5.74) is 0.399. The molecule has 1 aromatic carbocycles. The Balaban J connectivity index is 1.32. The van der Waals surface area contributed by atoms with Crippen LogP contribution in [-0.4, -0.2) is 21.7 Å². The monoisotopic (exact) mass is 407 g/mol. The number of halogens is 2. The lowest BCUT2D eigenvalue weighted by Gasteiger charge is -2.28. The summed E-state index contributed by atoms with van der Waals surface area (Å²) in [5.74, 6) is 2.64. The Labute approximate surface area is 169 Å². The van der Waals surface area contributed by atoms with Crippen LogP contribution in [0.2, 0.25) is 10.0 Å². The first kappa shape index (κ1) is 18.6. The Bertz CT molecular complexity index is 838. The largest absolute Gasteiger partial charge is 0.470 e. The lowest BCUT2D eigenvalue weighted by molar-refractivity contribution is 0.0908. The van der Waals surface area contributed by atoms with E-state index in [1.165, 1.54) is 25.7 Å². The number of amides is 1. The molecule has 144 valence electrons. The molecule has 4 rings (SSSR count). The Morgan fingerprint density at radius 2 is 2.19 bits per heavy atom. The molecule has 2 aliphatic rings. The molecule has 2 fully saturated rings. The van der Waals surface area contributed by atoms with Crippen LogP contribution < -0.4 is 10.1 Å². The molecule has 4 atom stereocenters. The van der Waals surface area contributed by atoms with Gasteiger partial charge in [0.25, 0.3) is 5.91 Å².